The van der Waals surface area contributed by atoms with E-state index < -0.39 is 0 Å². The van der Waals surface area contributed by atoms with Crippen molar-refractivity contribution in [2.24, 2.45) is 5.41 Å². The van der Waals surface area contributed by atoms with E-state index in [4.69, 9.17) is 0 Å². The van der Waals surface area contributed by atoms with Gasteiger partial charge in [0.25, 0.3) is 0 Å². The maximum Gasteiger partial charge on any atom is 0.0220 e. The highest BCUT2D eigenvalue weighted by Gasteiger charge is 2.25. The van der Waals surface area contributed by atoms with E-state index in [1.54, 1.807) is 0 Å². The van der Waals surface area contributed by atoms with Crippen molar-refractivity contribution in [3.63, 3.8) is 0 Å². The van der Waals surface area contributed by atoms with E-state index in [0.29, 0.717) is 5.41 Å². The quantitative estimate of drug-likeness (QED) is 0.862. The van der Waals surface area contributed by atoms with Crippen LogP contribution in [-0.2, 0) is 6.54 Å². The van der Waals surface area contributed by atoms with Crippen LogP contribution < -0.4 is 5.32 Å². The minimum absolute atomic E-state index is 0.527. The maximum absolute atomic E-state index is 3.62. The van der Waals surface area contributed by atoms with Gasteiger partial charge in [0.1, 0.15) is 0 Å². The summed E-state index contributed by atoms with van der Waals surface area (Å²) < 4.78 is 1.21. The van der Waals surface area contributed by atoms with Crippen molar-refractivity contribution < 1.29 is 0 Å². The molecule has 0 saturated heterocycles. The second-order valence-electron chi connectivity index (χ2n) is 5.57. The molecule has 1 aliphatic rings. The third kappa shape index (κ3) is 3.82. The Morgan fingerprint density at radius 3 is 2.59 bits per heavy atom. The zero-order valence-electron chi connectivity index (χ0n) is 10.6. The number of rotatable bonds is 4. The first-order chi connectivity index (χ1) is 8.20. The molecular formula is C15H22BrN. The van der Waals surface area contributed by atoms with Gasteiger partial charge in [0.05, 0.1) is 0 Å². The van der Waals surface area contributed by atoms with Gasteiger partial charge in [-0.3, -0.25) is 0 Å². The van der Waals surface area contributed by atoms with Gasteiger partial charge in [0, 0.05) is 17.6 Å². The molecule has 0 radical (unpaired) electrons. The van der Waals surface area contributed by atoms with Crippen LogP contribution in [0.25, 0.3) is 0 Å². The van der Waals surface area contributed by atoms with Crippen molar-refractivity contribution in [1.82, 2.24) is 5.32 Å². The predicted molar refractivity (Wildman–Crippen MR) is 77.0 cm³/mol. The van der Waals surface area contributed by atoms with Crippen LogP contribution in [0, 0.1) is 5.41 Å². The molecule has 0 unspecified atom stereocenters. The predicted octanol–water partition coefficient (Wildman–Crippen LogP) is 4.51. The highest BCUT2D eigenvalue weighted by molar-refractivity contribution is 9.10. The van der Waals surface area contributed by atoms with Crippen LogP contribution in [0.4, 0.5) is 0 Å². The zero-order chi connectivity index (χ0) is 12.1. The molecule has 0 bridgehead atoms. The zero-order valence-corrected chi connectivity index (χ0v) is 12.2. The second kappa shape index (κ2) is 6.01. The molecule has 0 heterocycles. The Morgan fingerprint density at radius 1 is 1.18 bits per heavy atom. The summed E-state index contributed by atoms with van der Waals surface area (Å²) in [7, 11) is 0. The van der Waals surface area contributed by atoms with Crippen LogP contribution in [0.15, 0.2) is 28.7 Å². The van der Waals surface area contributed by atoms with Crippen LogP contribution in [0.2, 0.25) is 0 Å². The van der Waals surface area contributed by atoms with Gasteiger partial charge in [0.2, 0.25) is 0 Å². The molecule has 1 fully saturated rings. The van der Waals surface area contributed by atoms with Crippen molar-refractivity contribution in [2.45, 2.75) is 45.6 Å². The molecule has 0 aliphatic heterocycles. The summed E-state index contributed by atoms with van der Waals surface area (Å²) in [4.78, 5) is 0. The summed E-state index contributed by atoms with van der Waals surface area (Å²) in [5, 5.41) is 3.62. The van der Waals surface area contributed by atoms with Crippen LogP contribution in [0.1, 0.15) is 44.6 Å². The van der Waals surface area contributed by atoms with Gasteiger partial charge in [-0.2, -0.15) is 0 Å². The first kappa shape index (κ1) is 13.1. The van der Waals surface area contributed by atoms with Crippen LogP contribution in [0.3, 0.4) is 0 Å². The minimum Gasteiger partial charge on any atom is -0.312 e. The van der Waals surface area contributed by atoms with E-state index in [9.17, 15) is 0 Å². The lowest BCUT2D eigenvalue weighted by Crippen LogP contribution is -2.33. The molecule has 0 amide bonds. The molecule has 2 heteroatoms. The van der Waals surface area contributed by atoms with E-state index in [1.807, 2.05) is 0 Å². The van der Waals surface area contributed by atoms with E-state index in [0.717, 1.165) is 13.1 Å². The summed E-state index contributed by atoms with van der Waals surface area (Å²) in [6.07, 6.45) is 7.02. The Bertz CT molecular complexity index is 356. The normalized spacial score (nSPS) is 19.2. The topological polar surface area (TPSA) is 12.0 Å². The van der Waals surface area contributed by atoms with Gasteiger partial charge in [-0.05, 0) is 29.9 Å². The molecule has 0 atom stereocenters. The fourth-order valence-corrected chi connectivity index (χ4v) is 3.15. The first-order valence-corrected chi connectivity index (χ1v) is 7.43. The first-order valence-electron chi connectivity index (χ1n) is 6.64. The Labute approximate surface area is 113 Å². The van der Waals surface area contributed by atoms with Gasteiger partial charge in [-0.15, -0.1) is 0 Å². The molecule has 1 saturated carbocycles. The van der Waals surface area contributed by atoms with Crippen molar-refractivity contribution in [2.75, 3.05) is 6.54 Å². The Morgan fingerprint density at radius 2 is 1.88 bits per heavy atom. The third-order valence-electron chi connectivity index (χ3n) is 3.89. The number of benzene rings is 1. The summed E-state index contributed by atoms with van der Waals surface area (Å²) in [5.74, 6) is 0. The number of halogens is 1. The number of hydrogen-bond donors (Lipinski definition) is 1. The summed E-state index contributed by atoms with van der Waals surface area (Å²) in [6.45, 7) is 4.55. The number of hydrogen-bond acceptors (Lipinski definition) is 1. The van der Waals surface area contributed by atoms with Crippen LogP contribution in [0.5, 0.6) is 0 Å². The van der Waals surface area contributed by atoms with Crippen LogP contribution >= 0.6 is 15.9 Å². The van der Waals surface area contributed by atoms with Crippen molar-refractivity contribution >= 4 is 15.9 Å². The summed E-state index contributed by atoms with van der Waals surface area (Å²) in [6, 6.07) is 8.46. The number of nitrogens with one attached hydrogen (secondary N) is 1. The molecule has 1 N–H and O–H groups in total. The summed E-state index contributed by atoms with van der Waals surface area (Å²) >= 11 is 3.60. The highest BCUT2D eigenvalue weighted by Crippen LogP contribution is 2.35. The van der Waals surface area contributed by atoms with Gasteiger partial charge in [-0.1, -0.05) is 60.3 Å². The average Bonchev–Trinajstić information content (AvgIpc) is 2.32. The third-order valence-corrected chi connectivity index (χ3v) is 4.66. The molecule has 0 aromatic heterocycles. The van der Waals surface area contributed by atoms with Gasteiger partial charge < -0.3 is 5.32 Å². The van der Waals surface area contributed by atoms with Crippen molar-refractivity contribution in [3.05, 3.63) is 34.3 Å². The van der Waals surface area contributed by atoms with Crippen molar-refractivity contribution in [1.29, 1.82) is 0 Å². The van der Waals surface area contributed by atoms with Gasteiger partial charge in [-0.25, -0.2) is 0 Å². The molecule has 1 aromatic carbocycles. The molecule has 2 rings (SSSR count). The molecule has 94 valence electrons. The smallest absolute Gasteiger partial charge is 0.0220 e. The van der Waals surface area contributed by atoms with E-state index >= 15 is 0 Å². The van der Waals surface area contributed by atoms with E-state index in [-0.39, 0.29) is 0 Å². The monoisotopic (exact) mass is 295 g/mol. The summed E-state index contributed by atoms with van der Waals surface area (Å²) in [5.41, 5.74) is 1.88. The lowest BCUT2D eigenvalue weighted by atomic mass is 9.76. The maximum atomic E-state index is 3.62. The molecule has 17 heavy (non-hydrogen) atoms. The molecular weight excluding hydrogens is 274 g/mol. The highest BCUT2D eigenvalue weighted by atomic mass is 79.9. The lowest BCUT2D eigenvalue weighted by molar-refractivity contribution is 0.207. The standard InChI is InChI=1S/C15H22BrN/c1-15(9-5-2-6-10-15)12-17-11-13-7-3-4-8-14(13)16/h3-4,7-8,17H,2,5-6,9-12H2,1H3. The molecule has 1 aromatic rings. The Hall–Kier alpha value is -0.340. The molecule has 0 spiro atoms. The molecule has 1 nitrogen and oxygen atoms in total. The van der Waals surface area contributed by atoms with Gasteiger partial charge >= 0.3 is 0 Å². The fourth-order valence-electron chi connectivity index (χ4n) is 2.72. The Balaban J connectivity index is 1.81. The van der Waals surface area contributed by atoms with Crippen molar-refractivity contribution in [3.8, 4) is 0 Å². The fraction of sp³-hybridized carbons (Fsp3) is 0.600. The Kier molecular flexibility index (Phi) is 4.63. The SMILES string of the molecule is CC1(CNCc2ccccc2Br)CCCCC1. The van der Waals surface area contributed by atoms with E-state index in [1.165, 1.54) is 42.1 Å². The van der Waals surface area contributed by atoms with Gasteiger partial charge in [0.15, 0.2) is 0 Å². The van der Waals surface area contributed by atoms with E-state index in [2.05, 4.69) is 52.4 Å². The lowest BCUT2D eigenvalue weighted by Gasteiger charge is -2.33. The average molecular weight is 296 g/mol. The van der Waals surface area contributed by atoms with Crippen LogP contribution in [-0.4, -0.2) is 6.54 Å². The minimum atomic E-state index is 0.527. The molecule has 1 aliphatic carbocycles. The second-order valence-corrected chi connectivity index (χ2v) is 6.42. The largest absolute Gasteiger partial charge is 0.312 e.